The normalized spacial score (nSPS) is 11.7. The molecule has 8 nitrogen and oxygen atoms in total. The maximum atomic E-state index is 11.7. The van der Waals surface area contributed by atoms with E-state index in [9.17, 15) is 24.8 Å². The molecule has 20 heavy (non-hydrogen) atoms. The van der Waals surface area contributed by atoms with E-state index in [1.165, 1.54) is 13.0 Å². The molecule has 1 aromatic rings. The zero-order valence-corrected chi connectivity index (χ0v) is 10.7. The highest BCUT2D eigenvalue weighted by molar-refractivity contribution is 5.95. The van der Waals surface area contributed by atoms with Crippen LogP contribution >= 0.6 is 0 Å². The molecule has 0 bridgehead atoms. The van der Waals surface area contributed by atoms with Gasteiger partial charge in [0.05, 0.1) is 10.8 Å². The van der Waals surface area contributed by atoms with Crippen LogP contribution in [0.4, 0.5) is 5.69 Å². The Morgan fingerprint density at radius 1 is 1.45 bits per heavy atom. The van der Waals surface area contributed by atoms with E-state index >= 15 is 0 Å². The summed E-state index contributed by atoms with van der Waals surface area (Å²) in [4.78, 5) is 32.1. The number of carbonyl (C=O) groups is 2. The Kier molecular flexibility index (Phi) is 5.01. The third-order valence-electron chi connectivity index (χ3n) is 2.72. The number of phenolic OH excluding ortho intramolecular Hbond substituents is 1. The summed E-state index contributed by atoms with van der Waals surface area (Å²) in [6.45, 7) is 1.65. The molecule has 3 N–H and O–H groups in total. The van der Waals surface area contributed by atoms with Crippen LogP contribution in [-0.2, 0) is 4.79 Å². The molecule has 0 saturated heterocycles. The molecule has 0 unspecified atom stereocenters. The van der Waals surface area contributed by atoms with Crippen molar-refractivity contribution in [3.05, 3.63) is 33.9 Å². The molecule has 1 atom stereocenters. The number of nitro benzene ring substituents is 1. The highest BCUT2D eigenvalue weighted by Gasteiger charge is 2.17. The van der Waals surface area contributed by atoms with E-state index in [1.54, 1.807) is 0 Å². The summed E-state index contributed by atoms with van der Waals surface area (Å²) in [5.74, 6) is -2.64. The standard InChI is InChI=1S/C12H14N2O6/c1-7(12(17)18)4-5-13-11(16)8-2-3-10(15)9(6-8)14(19)20/h2-3,6-7,15H,4-5H2,1H3,(H,13,16)(H,17,18)/t7-/m1/s1. The highest BCUT2D eigenvalue weighted by atomic mass is 16.6. The van der Waals surface area contributed by atoms with E-state index in [0.29, 0.717) is 0 Å². The average molecular weight is 282 g/mol. The summed E-state index contributed by atoms with van der Waals surface area (Å²) < 4.78 is 0. The monoisotopic (exact) mass is 282 g/mol. The predicted octanol–water partition coefficient (Wildman–Crippen LogP) is 1.14. The number of carbonyl (C=O) groups excluding carboxylic acids is 1. The SMILES string of the molecule is C[C@H](CCNC(=O)c1ccc(O)c([N+](=O)[O-])c1)C(=O)O. The van der Waals surface area contributed by atoms with Crippen molar-refractivity contribution in [2.45, 2.75) is 13.3 Å². The number of rotatable bonds is 6. The van der Waals surface area contributed by atoms with Crippen LogP contribution in [0.3, 0.4) is 0 Å². The second-order valence-electron chi connectivity index (χ2n) is 4.24. The quantitative estimate of drug-likeness (QED) is 0.530. The van der Waals surface area contributed by atoms with Crippen LogP contribution in [0.25, 0.3) is 0 Å². The Morgan fingerprint density at radius 2 is 2.10 bits per heavy atom. The van der Waals surface area contributed by atoms with Crippen LogP contribution in [0, 0.1) is 16.0 Å². The van der Waals surface area contributed by atoms with Gasteiger partial charge in [0.1, 0.15) is 0 Å². The number of amides is 1. The molecule has 0 aromatic heterocycles. The number of carboxylic acid groups (broad SMARTS) is 1. The number of phenols is 1. The van der Waals surface area contributed by atoms with Crippen molar-refractivity contribution in [3.63, 3.8) is 0 Å². The number of carboxylic acids is 1. The molecule has 0 heterocycles. The lowest BCUT2D eigenvalue weighted by atomic mass is 10.1. The van der Waals surface area contributed by atoms with Gasteiger partial charge in [-0.15, -0.1) is 0 Å². The zero-order chi connectivity index (χ0) is 15.3. The topological polar surface area (TPSA) is 130 Å². The van der Waals surface area contributed by atoms with Gasteiger partial charge >= 0.3 is 11.7 Å². The van der Waals surface area contributed by atoms with Gasteiger partial charge in [0, 0.05) is 18.2 Å². The van der Waals surface area contributed by atoms with Crippen LogP contribution < -0.4 is 5.32 Å². The number of nitrogens with zero attached hydrogens (tertiary/aromatic N) is 1. The van der Waals surface area contributed by atoms with Gasteiger partial charge in [-0.05, 0) is 18.6 Å². The first kappa shape index (κ1) is 15.4. The third-order valence-corrected chi connectivity index (χ3v) is 2.72. The van der Waals surface area contributed by atoms with Gasteiger partial charge in [-0.3, -0.25) is 19.7 Å². The van der Waals surface area contributed by atoms with Crippen LogP contribution in [0.1, 0.15) is 23.7 Å². The second kappa shape index (κ2) is 6.50. The maximum Gasteiger partial charge on any atom is 0.311 e. The Morgan fingerprint density at radius 3 is 2.65 bits per heavy atom. The van der Waals surface area contributed by atoms with E-state index < -0.39 is 34.2 Å². The molecule has 8 heteroatoms. The summed E-state index contributed by atoms with van der Waals surface area (Å²) in [7, 11) is 0. The molecule has 0 fully saturated rings. The van der Waals surface area contributed by atoms with Crippen LogP contribution in [0.5, 0.6) is 5.75 Å². The van der Waals surface area contributed by atoms with E-state index in [1.807, 2.05) is 0 Å². The number of aliphatic carboxylic acids is 1. The van der Waals surface area contributed by atoms with Gasteiger partial charge in [-0.25, -0.2) is 0 Å². The second-order valence-corrected chi connectivity index (χ2v) is 4.24. The third kappa shape index (κ3) is 3.94. The number of nitro groups is 1. The largest absolute Gasteiger partial charge is 0.502 e. The van der Waals surface area contributed by atoms with Crippen molar-refractivity contribution < 1.29 is 24.7 Å². The van der Waals surface area contributed by atoms with E-state index in [4.69, 9.17) is 5.11 Å². The molecule has 1 rings (SSSR count). The molecule has 0 aliphatic carbocycles. The van der Waals surface area contributed by atoms with Crippen molar-refractivity contribution >= 4 is 17.6 Å². The van der Waals surface area contributed by atoms with Gasteiger partial charge in [-0.1, -0.05) is 6.92 Å². The summed E-state index contributed by atoms with van der Waals surface area (Å²) in [5.41, 5.74) is -0.533. The fourth-order valence-electron chi connectivity index (χ4n) is 1.44. The molecule has 1 aromatic carbocycles. The lowest BCUT2D eigenvalue weighted by Gasteiger charge is -2.08. The first-order valence-corrected chi connectivity index (χ1v) is 5.81. The van der Waals surface area contributed by atoms with Crippen LogP contribution in [0.15, 0.2) is 18.2 Å². The maximum absolute atomic E-state index is 11.7. The van der Waals surface area contributed by atoms with Crippen molar-refractivity contribution in [1.29, 1.82) is 0 Å². The minimum atomic E-state index is -0.959. The molecule has 0 aliphatic heterocycles. The predicted molar refractivity (Wildman–Crippen MR) is 68.5 cm³/mol. The number of benzene rings is 1. The van der Waals surface area contributed by atoms with E-state index in [-0.39, 0.29) is 18.5 Å². The molecule has 0 radical (unpaired) electrons. The lowest BCUT2D eigenvalue weighted by molar-refractivity contribution is -0.385. The Bertz CT molecular complexity index is 543. The van der Waals surface area contributed by atoms with Gasteiger partial charge in [0.2, 0.25) is 0 Å². The van der Waals surface area contributed by atoms with Crippen LogP contribution in [-0.4, -0.2) is 33.6 Å². The van der Waals surface area contributed by atoms with Crippen molar-refractivity contribution in [2.75, 3.05) is 6.54 Å². The van der Waals surface area contributed by atoms with Gasteiger partial charge < -0.3 is 15.5 Å². The minimum absolute atomic E-state index is 0.0254. The van der Waals surface area contributed by atoms with Crippen molar-refractivity contribution in [2.24, 2.45) is 5.92 Å². The number of hydrogen-bond donors (Lipinski definition) is 3. The summed E-state index contributed by atoms with van der Waals surface area (Å²) in [6.07, 6.45) is 0.251. The molecule has 108 valence electrons. The zero-order valence-electron chi connectivity index (χ0n) is 10.7. The average Bonchev–Trinajstić information content (AvgIpc) is 2.38. The summed E-state index contributed by atoms with van der Waals surface area (Å²) in [5, 5.41) is 31.0. The molecule has 1 amide bonds. The van der Waals surface area contributed by atoms with Crippen LogP contribution in [0.2, 0.25) is 0 Å². The smallest absolute Gasteiger partial charge is 0.311 e. The summed E-state index contributed by atoms with van der Waals surface area (Å²) in [6, 6.07) is 3.27. The highest BCUT2D eigenvalue weighted by Crippen LogP contribution is 2.26. The number of aromatic hydroxyl groups is 1. The Balaban J connectivity index is 2.67. The van der Waals surface area contributed by atoms with E-state index in [0.717, 1.165) is 12.1 Å². The fourth-order valence-corrected chi connectivity index (χ4v) is 1.44. The van der Waals surface area contributed by atoms with Gasteiger partial charge in [-0.2, -0.15) is 0 Å². The van der Waals surface area contributed by atoms with Crippen molar-refractivity contribution in [1.82, 2.24) is 5.32 Å². The molecular weight excluding hydrogens is 268 g/mol. The molecule has 0 spiro atoms. The van der Waals surface area contributed by atoms with E-state index in [2.05, 4.69) is 5.32 Å². The number of hydrogen-bond acceptors (Lipinski definition) is 5. The first-order chi connectivity index (χ1) is 9.32. The Labute approximate surface area is 114 Å². The minimum Gasteiger partial charge on any atom is -0.502 e. The van der Waals surface area contributed by atoms with Gasteiger partial charge in [0.15, 0.2) is 5.75 Å². The molecular formula is C12H14N2O6. The fraction of sp³-hybridized carbons (Fsp3) is 0.333. The van der Waals surface area contributed by atoms with Crippen molar-refractivity contribution in [3.8, 4) is 5.75 Å². The number of nitrogens with one attached hydrogen (secondary N) is 1. The van der Waals surface area contributed by atoms with Gasteiger partial charge in [0.25, 0.3) is 5.91 Å². The lowest BCUT2D eigenvalue weighted by Crippen LogP contribution is -2.27. The summed E-state index contributed by atoms with van der Waals surface area (Å²) >= 11 is 0. The Hall–Kier alpha value is -2.64. The first-order valence-electron chi connectivity index (χ1n) is 5.81. The molecule has 0 saturated carbocycles. The molecule has 0 aliphatic rings.